The van der Waals surface area contributed by atoms with Gasteiger partial charge in [-0.1, -0.05) is 23.7 Å². The van der Waals surface area contributed by atoms with Crippen LogP contribution in [0.15, 0.2) is 42.5 Å². The number of carbonyl (C=O) groups excluding carboxylic acids is 1. The molecule has 2 aromatic carbocycles. The molecule has 0 spiro atoms. The van der Waals surface area contributed by atoms with E-state index in [1.54, 1.807) is 0 Å². The monoisotopic (exact) mass is 348 g/mol. The summed E-state index contributed by atoms with van der Waals surface area (Å²) in [6.07, 6.45) is 0.0971. The van der Waals surface area contributed by atoms with Crippen molar-refractivity contribution in [1.82, 2.24) is 5.32 Å². The first-order valence-electron chi connectivity index (χ1n) is 7.34. The minimum Gasteiger partial charge on any atom is -0.491 e. The summed E-state index contributed by atoms with van der Waals surface area (Å²) < 4.78 is 5.55. The van der Waals surface area contributed by atoms with Gasteiger partial charge in [-0.2, -0.15) is 0 Å². The quantitative estimate of drug-likeness (QED) is 0.632. The van der Waals surface area contributed by atoms with Crippen LogP contribution in [0.2, 0.25) is 5.02 Å². The number of non-ortho nitro benzene ring substituents is 1. The Morgan fingerprint density at radius 1 is 1.25 bits per heavy atom. The maximum atomic E-state index is 12.1. The summed E-state index contributed by atoms with van der Waals surface area (Å²) in [4.78, 5) is 22.3. The zero-order valence-electron chi connectivity index (χ0n) is 13.3. The molecular weight excluding hydrogens is 332 g/mol. The summed E-state index contributed by atoms with van der Waals surface area (Å²) in [5.74, 6) is 0.371. The third-order valence-corrected chi connectivity index (χ3v) is 3.47. The van der Waals surface area contributed by atoms with E-state index in [4.69, 9.17) is 16.3 Å². The van der Waals surface area contributed by atoms with Gasteiger partial charge in [-0.05, 0) is 37.6 Å². The number of hydrogen-bond donors (Lipinski definition) is 1. The number of ether oxygens (including phenoxy) is 1. The Hall–Kier alpha value is -2.60. The van der Waals surface area contributed by atoms with Crippen LogP contribution in [0.3, 0.4) is 0 Å². The number of hydrogen-bond acceptors (Lipinski definition) is 4. The highest BCUT2D eigenvalue weighted by Crippen LogP contribution is 2.22. The number of nitrogens with one attached hydrogen (secondary N) is 1. The predicted octanol–water partition coefficient (Wildman–Crippen LogP) is 3.97. The maximum Gasteiger partial charge on any atom is 0.270 e. The van der Waals surface area contributed by atoms with E-state index in [-0.39, 0.29) is 22.4 Å². The van der Waals surface area contributed by atoms with Crippen molar-refractivity contribution in [3.63, 3.8) is 0 Å². The number of amides is 1. The molecule has 0 radical (unpaired) electrons. The van der Waals surface area contributed by atoms with E-state index in [1.165, 1.54) is 12.1 Å². The average molecular weight is 349 g/mol. The number of nitro benzene ring substituents is 1. The number of halogens is 1. The van der Waals surface area contributed by atoms with Crippen LogP contribution in [-0.2, 0) is 6.54 Å². The molecule has 1 amide bonds. The zero-order chi connectivity index (χ0) is 17.7. The average Bonchev–Trinajstić information content (AvgIpc) is 2.53. The molecule has 7 heteroatoms. The standard InChI is InChI=1S/C17H17ClN2O4/c1-11(2)24-14-6-3-12(4-7-14)10-19-17(21)15-8-5-13(20(22)23)9-16(15)18/h3-9,11H,10H2,1-2H3,(H,19,21). The summed E-state index contributed by atoms with van der Waals surface area (Å²) in [6, 6.07) is 11.1. The van der Waals surface area contributed by atoms with Crippen molar-refractivity contribution in [3.05, 3.63) is 68.7 Å². The Kier molecular flexibility index (Phi) is 5.76. The Bertz CT molecular complexity index is 745. The molecule has 0 bridgehead atoms. The summed E-state index contributed by atoms with van der Waals surface area (Å²) in [7, 11) is 0. The van der Waals surface area contributed by atoms with Gasteiger partial charge in [-0.3, -0.25) is 14.9 Å². The van der Waals surface area contributed by atoms with Gasteiger partial charge < -0.3 is 10.1 Å². The number of rotatable bonds is 6. The van der Waals surface area contributed by atoms with Crippen LogP contribution in [-0.4, -0.2) is 16.9 Å². The topological polar surface area (TPSA) is 81.5 Å². The van der Waals surface area contributed by atoms with Crippen molar-refractivity contribution in [3.8, 4) is 5.75 Å². The lowest BCUT2D eigenvalue weighted by Gasteiger charge is -2.11. The molecule has 2 rings (SSSR count). The molecule has 0 aliphatic carbocycles. The third-order valence-electron chi connectivity index (χ3n) is 3.16. The molecule has 0 aromatic heterocycles. The second-order valence-electron chi connectivity index (χ2n) is 5.41. The van der Waals surface area contributed by atoms with Crippen LogP contribution in [0.5, 0.6) is 5.75 Å². The van der Waals surface area contributed by atoms with E-state index in [0.29, 0.717) is 6.54 Å². The summed E-state index contributed by atoms with van der Waals surface area (Å²) >= 11 is 5.94. The van der Waals surface area contributed by atoms with E-state index in [2.05, 4.69) is 5.32 Å². The molecule has 6 nitrogen and oxygen atoms in total. The van der Waals surface area contributed by atoms with Crippen LogP contribution < -0.4 is 10.1 Å². The molecule has 2 aromatic rings. The lowest BCUT2D eigenvalue weighted by molar-refractivity contribution is -0.384. The Balaban J connectivity index is 1.99. The van der Waals surface area contributed by atoms with Crippen LogP contribution >= 0.6 is 11.6 Å². The summed E-state index contributed by atoms with van der Waals surface area (Å²) in [5.41, 5.74) is 0.941. The van der Waals surface area contributed by atoms with Crippen molar-refractivity contribution in [2.24, 2.45) is 0 Å². The highest BCUT2D eigenvalue weighted by atomic mass is 35.5. The van der Waals surface area contributed by atoms with Gasteiger partial charge in [0.05, 0.1) is 21.6 Å². The lowest BCUT2D eigenvalue weighted by atomic mass is 10.1. The zero-order valence-corrected chi connectivity index (χ0v) is 14.0. The number of carbonyl (C=O) groups is 1. The molecule has 0 fully saturated rings. The number of benzene rings is 2. The first-order chi connectivity index (χ1) is 11.4. The van der Waals surface area contributed by atoms with Gasteiger partial charge in [-0.15, -0.1) is 0 Å². The first-order valence-corrected chi connectivity index (χ1v) is 7.72. The number of nitrogens with zero attached hydrogens (tertiary/aromatic N) is 1. The first kappa shape index (κ1) is 17.7. The van der Waals surface area contributed by atoms with Gasteiger partial charge in [0.15, 0.2) is 0 Å². The van der Waals surface area contributed by atoms with Crippen molar-refractivity contribution in [2.45, 2.75) is 26.5 Å². The number of nitro groups is 1. The highest BCUT2D eigenvalue weighted by Gasteiger charge is 2.14. The van der Waals surface area contributed by atoms with Gasteiger partial charge in [0.2, 0.25) is 0 Å². The van der Waals surface area contributed by atoms with Crippen LogP contribution in [0.4, 0.5) is 5.69 Å². The molecule has 0 unspecified atom stereocenters. The second kappa shape index (κ2) is 7.79. The van der Waals surface area contributed by atoms with E-state index in [1.807, 2.05) is 38.1 Å². The maximum absolute atomic E-state index is 12.1. The fourth-order valence-corrected chi connectivity index (χ4v) is 2.30. The fourth-order valence-electron chi connectivity index (χ4n) is 2.04. The smallest absolute Gasteiger partial charge is 0.270 e. The van der Waals surface area contributed by atoms with Gasteiger partial charge in [-0.25, -0.2) is 0 Å². The molecular formula is C17H17ClN2O4. The molecule has 0 aliphatic heterocycles. The van der Waals surface area contributed by atoms with Gasteiger partial charge in [0, 0.05) is 18.7 Å². The van der Waals surface area contributed by atoms with Crippen molar-refractivity contribution < 1.29 is 14.5 Å². The van der Waals surface area contributed by atoms with Crippen molar-refractivity contribution in [2.75, 3.05) is 0 Å². The third kappa shape index (κ3) is 4.70. The Morgan fingerprint density at radius 3 is 2.46 bits per heavy atom. The SMILES string of the molecule is CC(C)Oc1ccc(CNC(=O)c2ccc([N+](=O)[O-])cc2Cl)cc1. The van der Waals surface area contributed by atoms with Crippen LogP contribution in [0.1, 0.15) is 29.8 Å². The molecule has 1 N–H and O–H groups in total. The molecule has 24 heavy (non-hydrogen) atoms. The van der Waals surface area contributed by atoms with Gasteiger partial charge >= 0.3 is 0 Å². The summed E-state index contributed by atoms with van der Waals surface area (Å²) in [5, 5.41) is 13.5. The lowest BCUT2D eigenvalue weighted by Crippen LogP contribution is -2.23. The van der Waals surface area contributed by atoms with Crippen molar-refractivity contribution in [1.29, 1.82) is 0 Å². The highest BCUT2D eigenvalue weighted by molar-refractivity contribution is 6.34. The van der Waals surface area contributed by atoms with E-state index in [0.717, 1.165) is 17.4 Å². The Morgan fingerprint density at radius 2 is 1.92 bits per heavy atom. The Labute approximate surface area is 144 Å². The van der Waals surface area contributed by atoms with Gasteiger partial charge in [0.25, 0.3) is 11.6 Å². The minimum absolute atomic E-state index is 0.0439. The van der Waals surface area contributed by atoms with Crippen LogP contribution in [0, 0.1) is 10.1 Å². The van der Waals surface area contributed by atoms with Crippen molar-refractivity contribution >= 4 is 23.2 Å². The molecule has 0 saturated carbocycles. The molecule has 126 valence electrons. The predicted molar refractivity (Wildman–Crippen MR) is 91.5 cm³/mol. The molecule has 0 atom stereocenters. The molecule has 0 aliphatic rings. The normalized spacial score (nSPS) is 10.5. The summed E-state index contributed by atoms with van der Waals surface area (Å²) in [6.45, 7) is 4.21. The van der Waals surface area contributed by atoms with E-state index in [9.17, 15) is 14.9 Å². The van der Waals surface area contributed by atoms with Crippen LogP contribution in [0.25, 0.3) is 0 Å². The second-order valence-corrected chi connectivity index (χ2v) is 5.82. The fraction of sp³-hybridized carbons (Fsp3) is 0.235. The van der Waals surface area contributed by atoms with Gasteiger partial charge in [0.1, 0.15) is 5.75 Å². The van der Waals surface area contributed by atoms with E-state index < -0.39 is 10.8 Å². The molecule has 0 heterocycles. The van der Waals surface area contributed by atoms with E-state index >= 15 is 0 Å². The molecule has 0 saturated heterocycles. The largest absolute Gasteiger partial charge is 0.491 e. The minimum atomic E-state index is -0.561.